The molecular weight excluding hydrogens is 364 g/mol. The zero-order chi connectivity index (χ0) is 21.0. The Hall–Kier alpha value is -3.16. The lowest BCUT2D eigenvalue weighted by molar-refractivity contribution is -0.385. The second-order valence-electron chi connectivity index (χ2n) is 6.25. The van der Waals surface area contributed by atoms with Crippen molar-refractivity contribution >= 4 is 17.6 Å². The van der Waals surface area contributed by atoms with Gasteiger partial charge in [-0.2, -0.15) is 0 Å². The smallest absolute Gasteiger partial charge is 0.336 e. The van der Waals surface area contributed by atoms with Crippen molar-refractivity contribution in [2.45, 2.75) is 33.6 Å². The van der Waals surface area contributed by atoms with Crippen LogP contribution < -0.4 is 0 Å². The molecule has 0 spiro atoms. The first-order chi connectivity index (χ1) is 13.3. The minimum absolute atomic E-state index is 0.139. The maximum Gasteiger partial charge on any atom is 0.336 e. The summed E-state index contributed by atoms with van der Waals surface area (Å²) < 4.78 is 10.4. The van der Waals surface area contributed by atoms with Crippen LogP contribution in [-0.2, 0) is 19.1 Å². The molecule has 8 heteroatoms. The van der Waals surface area contributed by atoms with Crippen LogP contribution in [0.1, 0.15) is 39.2 Å². The first-order valence-corrected chi connectivity index (χ1v) is 8.98. The van der Waals surface area contributed by atoms with Crippen molar-refractivity contribution in [3.63, 3.8) is 0 Å². The molecule has 1 aromatic carbocycles. The van der Waals surface area contributed by atoms with Crippen molar-refractivity contribution < 1.29 is 24.0 Å². The van der Waals surface area contributed by atoms with Crippen LogP contribution in [0.3, 0.4) is 0 Å². The fourth-order valence-corrected chi connectivity index (χ4v) is 3.33. The molecule has 0 N–H and O–H groups in total. The molecule has 1 aromatic rings. The van der Waals surface area contributed by atoms with Gasteiger partial charge in [0.05, 0.1) is 35.2 Å². The van der Waals surface area contributed by atoms with Crippen LogP contribution in [0.25, 0.3) is 0 Å². The van der Waals surface area contributed by atoms with Gasteiger partial charge in [-0.05, 0) is 27.7 Å². The zero-order valence-electron chi connectivity index (χ0n) is 16.6. The van der Waals surface area contributed by atoms with Gasteiger partial charge in [-0.3, -0.25) is 10.1 Å². The zero-order valence-corrected chi connectivity index (χ0v) is 16.6. The number of ether oxygens (including phenoxy) is 2. The monoisotopic (exact) mass is 388 g/mol. The van der Waals surface area contributed by atoms with Gasteiger partial charge in [0.15, 0.2) is 0 Å². The van der Waals surface area contributed by atoms with Crippen molar-refractivity contribution in [3.05, 3.63) is 62.5 Å². The van der Waals surface area contributed by atoms with Gasteiger partial charge in [0.2, 0.25) is 0 Å². The molecule has 0 radical (unpaired) electrons. The van der Waals surface area contributed by atoms with E-state index in [-0.39, 0.29) is 35.6 Å². The molecule has 1 heterocycles. The predicted octanol–water partition coefficient (Wildman–Crippen LogP) is 3.30. The molecule has 1 aliphatic rings. The van der Waals surface area contributed by atoms with E-state index < -0.39 is 22.8 Å². The van der Waals surface area contributed by atoms with E-state index in [0.717, 1.165) is 0 Å². The van der Waals surface area contributed by atoms with E-state index in [0.29, 0.717) is 11.4 Å². The van der Waals surface area contributed by atoms with Gasteiger partial charge in [-0.1, -0.05) is 18.2 Å². The standard InChI is InChI=1S/C20H24N2O6/c1-6-27-19(23)16-12(3)21(5)13(4)17(20(24)28-7-2)18(16)14-10-8-9-11-15(14)22(25)26/h8-11,18H,6-7H2,1-5H3. The molecule has 150 valence electrons. The summed E-state index contributed by atoms with van der Waals surface area (Å²) >= 11 is 0. The third kappa shape index (κ3) is 3.76. The number of hydrogen-bond donors (Lipinski definition) is 0. The molecule has 1 aliphatic heterocycles. The van der Waals surface area contributed by atoms with Crippen molar-refractivity contribution in [2.24, 2.45) is 0 Å². The maximum atomic E-state index is 12.8. The first kappa shape index (κ1) is 21.1. The van der Waals surface area contributed by atoms with Gasteiger partial charge in [0.25, 0.3) is 5.69 Å². The fourth-order valence-electron chi connectivity index (χ4n) is 3.33. The van der Waals surface area contributed by atoms with Gasteiger partial charge in [0.1, 0.15) is 0 Å². The van der Waals surface area contributed by atoms with E-state index >= 15 is 0 Å². The Bertz CT molecular complexity index is 829. The van der Waals surface area contributed by atoms with E-state index in [9.17, 15) is 19.7 Å². The summed E-state index contributed by atoms with van der Waals surface area (Å²) in [4.78, 5) is 38.4. The molecule has 0 unspecified atom stereocenters. The minimum Gasteiger partial charge on any atom is -0.463 e. The van der Waals surface area contributed by atoms with Crippen molar-refractivity contribution in [3.8, 4) is 0 Å². The number of nitro groups is 1. The van der Waals surface area contributed by atoms with Crippen molar-refractivity contribution in [1.29, 1.82) is 0 Å². The van der Waals surface area contributed by atoms with Crippen LogP contribution >= 0.6 is 0 Å². The molecule has 0 atom stereocenters. The molecule has 0 saturated heterocycles. The normalized spacial score (nSPS) is 15.0. The Labute approximate surface area is 163 Å². The van der Waals surface area contributed by atoms with E-state index in [1.807, 2.05) is 0 Å². The highest BCUT2D eigenvalue weighted by Crippen LogP contribution is 2.44. The summed E-state index contributed by atoms with van der Waals surface area (Å²) in [5.74, 6) is -2.20. The lowest BCUT2D eigenvalue weighted by atomic mass is 9.79. The van der Waals surface area contributed by atoms with Crippen LogP contribution in [0.2, 0.25) is 0 Å². The summed E-state index contributed by atoms with van der Waals surface area (Å²) in [6, 6.07) is 6.08. The second-order valence-corrected chi connectivity index (χ2v) is 6.25. The Morgan fingerprint density at radius 1 is 1.04 bits per heavy atom. The lowest BCUT2D eigenvalue weighted by Crippen LogP contribution is -2.34. The number of esters is 2. The van der Waals surface area contributed by atoms with Gasteiger partial charge < -0.3 is 14.4 Å². The van der Waals surface area contributed by atoms with Gasteiger partial charge >= 0.3 is 11.9 Å². The largest absolute Gasteiger partial charge is 0.463 e. The van der Waals surface area contributed by atoms with Crippen LogP contribution in [0.4, 0.5) is 5.69 Å². The highest BCUT2D eigenvalue weighted by molar-refractivity contribution is 6.00. The van der Waals surface area contributed by atoms with Crippen LogP contribution in [0.5, 0.6) is 0 Å². The number of rotatable bonds is 6. The van der Waals surface area contributed by atoms with E-state index in [1.165, 1.54) is 12.1 Å². The Kier molecular flexibility index (Phi) is 6.56. The first-order valence-electron chi connectivity index (χ1n) is 8.98. The van der Waals surface area contributed by atoms with Crippen molar-refractivity contribution in [2.75, 3.05) is 20.3 Å². The van der Waals surface area contributed by atoms with Gasteiger partial charge in [-0.15, -0.1) is 0 Å². The Balaban J connectivity index is 2.83. The van der Waals surface area contributed by atoms with Crippen LogP contribution in [-0.4, -0.2) is 42.0 Å². The molecule has 0 bridgehead atoms. The van der Waals surface area contributed by atoms with Crippen LogP contribution in [0, 0.1) is 10.1 Å². The fraction of sp³-hybridized carbons (Fsp3) is 0.400. The number of carbonyl (C=O) groups is 2. The number of carbonyl (C=O) groups excluding carboxylic acids is 2. The van der Waals surface area contributed by atoms with E-state index in [1.54, 1.807) is 51.8 Å². The third-order valence-corrected chi connectivity index (χ3v) is 4.80. The second kappa shape index (κ2) is 8.69. The number of para-hydroxylation sites is 1. The molecule has 2 rings (SSSR count). The number of benzene rings is 1. The van der Waals surface area contributed by atoms with E-state index in [2.05, 4.69) is 0 Å². The molecule has 0 amide bonds. The highest BCUT2D eigenvalue weighted by Gasteiger charge is 2.42. The maximum absolute atomic E-state index is 12.8. The summed E-state index contributed by atoms with van der Waals surface area (Å²) in [6.45, 7) is 7.07. The number of nitro benzene ring substituents is 1. The minimum atomic E-state index is -0.962. The summed E-state index contributed by atoms with van der Waals surface area (Å²) in [6.07, 6.45) is 0. The number of hydrogen-bond acceptors (Lipinski definition) is 7. The number of allylic oxidation sites excluding steroid dienone is 2. The van der Waals surface area contributed by atoms with Gasteiger partial charge in [0, 0.05) is 30.1 Å². The molecule has 28 heavy (non-hydrogen) atoms. The molecule has 0 fully saturated rings. The topological polar surface area (TPSA) is 99.0 Å². The van der Waals surface area contributed by atoms with Gasteiger partial charge in [-0.25, -0.2) is 9.59 Å². The van der Waals surface area contributed by atoms with Crippen LogP contribution in [0.15, 0.2) is 46.8 Å². The lowest BCUT2D eigenvalue weighted by Gasteiger charge is -2.35. The molecular formula is C20H24N2O6. The molecule has 0 aliphatic carbocycles. The Morgan fingerprint density at radius 3 is 1.93 bits per heavy atom. The summed E-state index contributed by atoms with van der Waals surface area (Å²) in [5, 5.41) is 11.6. The quantitative estimate of drug-likeness (QED) is 0.419. The van der Waals surface area contributed by atoms with Crippen molar-refractivity contribution in [1.82, 2.24) is 4.90 Å². The summed E-state index contributed by atoms with van der Waals surface area (Å²) in [7, 11) is 1.72. The number of nitrogens with zero attached hydrogens (tertiary/aromatic N) is 2. The summed E-state index contributed by atoms with van der Waals surface area (Å²) in [5.41, 5.74) is 1.56. The average molecular weight is 388 g/mol. The van der Waals surface area contributed by atoms with E-state index in [4.69, 9.17) is 9.47 Å². The SMILES string of the molecule is CCOC(=O)C1=C(C)N(C)C(C)=C(C(=O)OCC)C1c1ccccc1[N+](=O)[O-]. The molecule has 0 saturated carbocycles. The highest BCUT2D eigenvalue weighted by atomic mass is 16.6. The average Bonchev–Trinajstić information content (AvgIpc) is 2.66. The molecule has 8 nitrogen and oxygen atoms in total. The third-order valence-electron chi connectivity index (χ3n) is 4.80. The predicted molar refractivity (Wildman–Crippen MR) is 102 cm³/mol. The molecule has 0 aromatic heterocycles. The Morgan fingerprint density at radius 2 is 1.50 bits per heavy atom.